The number of amides is 1. The number of rotatable bonds is 11. The smallest absolute Gasteiger partial charge is 0.262 e. The average Bonchev–Trinajstić information content (AvgIpc) is 2.81. The van der Waals surface area contributed by atoms with Gasteiger partial charge >= 0.3 is 0 Å². The van der Waals surface area contributed by atoms with Gasteiger partial charge in [-0.15, -0.1) is 0 Å². The first-order valence-electron chi connectivity index (χ1n) is 11.1. The molecule has 3 rings (SSSR count). The fraction of sp³-hybridized carbons (Fsp3) is 0.458. The molecular weight excluding hydrogens is 412 g/mol. The van der Waals surface area contributed by atoms with Crippen LogP contribution in [0.3, 0.4) is 0 Å². The van der Waals surface area contributed by atoms with Gasteiger partial charge in [-0.3, -0.25) is 4.79 Å². The molecule has 1 N–H and O–H groups in total. The third-order valence-electron chi connectivity index (χ3n) is 4.79. The number of hydrogen-bond donors (Lipinski definition) is 1. The monoisotopic (exact) mass is 444 g/mol. The number of anilines is 2. The van der Waals surface area contributed by atoms with Crippen molar-refractivity contribution in [1.82, 2.24) is 0 Å². The Kier molecular flexibility index (Phi) is 8.86. The first-order chi connectivity index (χ1) is 15.7. The molecule has 1 aliphatic rings. The van der Waals surface area contributed by atoms with Gasteiger partial charge in [0.25, 0.3) is 5.91 Å². The lowest BCUT2D eigenvalue weighted by molar-refractivity contribution is -0.118. The fourth-order valence-corrected chi connectivity index (χ4v) is 3.42. The van der Waals surface area contributed by atoms with Crippen molar-refractivity contribution in [2.45, 2.75) is 20.8 Å². The Bertz CT molecular complexity index is 883. The van der Waals surface area contributed by atoms with E-state index < -0.39 is 0 Å². The van der Waals surface area contributed by atoms with Crippen molar-refractivity contribution in [3.63, 3.8) is 0 Å². The van der Waals surface area contributed by atoms with Crippen molar-refractivity contribution < 1.29 is 28.5 Å². The molecule has 0 atom stereocenters. The third kappa shape index (κ3) is 6.20. The molecule has 2 aromatic carbocycles. The standard InChI is InChI=1S/C24H32N2O6/c1-4-29-20-9-7-8-10-21(20)32-17-24(27)25-18-15-23(31-6-3)19(16-22(18)30-5-2)26-11-13-28-14-12-26/h7-10,15-16H,4-6,11-14,17H2,1-3H3,(H,25,27). The largest absolute Gasteiger partial charge is 0.492 e. The van der Waals surface area contributed by atoms with Crippen LogP contribution in [0.2, 0.25) is 0 Å². The van der Waals surface area contributed by atoms with Gasteiger partial charge in [0, 0.05) is 25.2 Å². The number of para-hydroxylation sites is 2. The predicted molar refractivity (Wildman–Crippen MR) is 124 cm³/mol. The second kappa shape index (κ2) is 12.0. The van der Waals surface area contributed by atoms with Gasteiger partial charge in [0.05, 0.1) is 44.4 Å². The van der Waals surface area contributed by atoms with Gasteiger partial charge < -0.3 is 33.9 Å². The zero-order valence-electron chi connectivity index (χ0n) is 19.0. The minimum absolute atomic E-state index is 0.162. The highest BCUT2D eigenvalue weighted by molar-refractivity contribution is 5.94. The SMILES string of the molecule is CCOc1cc(N2CCOCC2)c(OCC)cc1NC(=O)COc1ccccc1OCC. The summed E-state index contributed by atoms with van der Waals surface area (Å²) in [6, 6.07) is 11.0. The van der Waals surface area contributed by atoms with E-state index in [1.165, 1.54) is 0 Å². The van der Waals surface area contributed by atoms with Crippen LogP contribution >= 0.6 is 0 Å². The maximum Gasteiger partial charge on any atom is 0.262 e. The van der Waals surface area contributed by atoms with Gasteiger partial charge in [0.15, 0.2) is 18.1 Å². The lowest BCUT2D eigenvalue weighted by Gasteiger charge is -2.31. The second-order valence-corrected chi connectivity index (χ2v) is 7.00. The van der Waals surface area contributed by atoms with E-state index >= 15 is 0 Å². The summed E-state index contributed by atoms with van der Waals surface area (Å²) in [5.41, 5.74) is 1.47. The van der Waals surface area contributed by atoms with Gasteiger partial charge in [-0.2, -0.15) is 0 Å². The minimum Gasteiger partial charge on any atom is -0.492 e. The lowest BCUT2D eigenvalue weighted by atomic mass is 10.2. The minimum atomic E-state index is -0.307. The summed E-state index contributed by atoms with van der Waals surface area (Å²) in [7, 11) is 0. The first-order valence-corrected chi connectivity index (χ1v) is 11.1. The average molecular weight is 445 g/mol. The van der Waals surface area contributed by atoms with Crippen LogP contribution in [0.15, 0.2) is 36.4 Å². The molecule has 8 nitrogen and oxygen atoms in total. The number of morpholine rings is 1. The Hall–Kier alpha value is -3.13. The number of nitrogens with zero attached hydrogens (tertiary/aromatic N) is 1. The molecule has 1 fully saturated rings. The Morgan fingerprint density at radius 1 is 0.875 bits per heavy atom. The number of nitrogens with one attached hydrogen (secondary N) is 1. The van der Waals surface area contributed by atoms with Crippen LogP contribution < -0.4 is 29.2 Å². The van der Waals surface area contributed by atoms with Crippen molar-refractivity contribution >= 4 is 17.3 Å². The normalized spacial score (nSPS) is 13.4. The summed E-state index contributed by atoms with van der Waals surface area (Å²) >= 11 is 0. The summed E-state index contributed by atoms with van der Waals surface area (Å²) in [5, 5.41) is 2.89. The third-order valence-corrected chi connectivity index (χ3v) is 4.79. The Morgan fingerprint density at radius 2 is 1.47 bits per heavy atom. The summed E-state index contributed by atoms with van der Waals surface area (Å²) in [6.45, 7) is 9.93. The van der Waals surface area contributed by atoms with Crippen LogP contribution in [-0.4, -0.2) is 58.6 Å². The topological polar surface area (TPSA) is 78.5 Å². The number of carbonyl (C=O) groups is 1. The summed E-state index contributed by atoms with van der Waals surface area (Å²) in [4.78, 5) is 14.9. The molecule has 8 heteroatoms. The van der Waals surface area contributed by atoms with E-state index in [0.29, 0.717) is 61.7 Å². The quantitative estimate of drug-likeness (QED) is 0.566. The van der Waals surface area contributed by atoms with Crippen molar-refractivity contribution in [2.75, 3.05) is 62.9 Å². The van der Waals surface area contributed by atoms with Crippen LogP contribution in [0.25, 0.3) is 0 Å². The Labute approximate surface area is 189 Å². The fourth-order valence-electron chi connectivity index (χ4n) is 3.42. The number of ether oxygens (including phenoxy) is 5. The van der Waals surface area contributed by atoms with Crippen LogP contribution in [0.5, 0.6) is 23.0 Å². The second-order valence-electron chi connectivity index (χ2n) is 7.00. The van der Waals surface area contributed by atoms with Crippen LogP contribution in [0.1, 0.15) is 20.8 Å². The van der Waals surface area contributed by atoms with E-state index in [9.17, 15) is 4.79 Å². The summed E-state index contributed by atoms with van der Waals surface area (Å²) < 4.78 is 28.4. The molecule has 1 heterocycles. The molecule has 1 saturated heterocycles. The molecule has 2 aromatic rings. The molecule has 0 aliphatic carbocycles. The lowest BCUT2D eigenvalue weighted by Crippen LogP contribution is -2.36. The van der Waals surface area contributed by atoms with Crippen LogP contribution in [-0.2, 0) is 9.53 Å². The molecule has 1 aliphatic heterocycles. The highest BCUT2D eigenvalue weighted by atomic mass is 16.5. The molecule has 0 radical (unpaired) electrons. The zero-order valence-corrected chi connectivity index (χ0v) is 19.0. The molecule has 0 bridgehead atoms. The molecule has 1 amide bonds. The van der Waals surface area contributed by atoms with Crippen molar-refractivity contribution in [2.24, 2.45) is 0 Å². The molecule has 0 unspecified atom stereocenters. The van der Waals surface area contributed by atoms with E-state index in [1.807, 2.05) is 51.1 Å². The summed E-state index contributed by atoms with van der Waals surface area (Å²) in [6.07, 6.45) is 0. The number of carbonyl (C=O) groups excluding carboxylic acids is 1. The highest BCUT2D eigenvalue weighted by Crippen LogP contribution is 2.39. The Balaban J connectivity index is 1.76. The van der Waals surface area contributed by atoms with Gasteiger partial charge in [0.1, 0.15) is 11.5 Å². The van der Waals surface area contributed by atoms with E-state index in [2.05, 4.69) is 10.2 Å². The van der Waals surface area contributed by atoms with Crippen molar-refractivity contribution in [1.29, 1.82) is 0 Å². The van der Waals surface area contributed by atoms with Gasteiger partial charge in [-0.25, -0.2) is 0 Å². The molecule has 174 valence electrons. The van der Waals surface area contributed by atoms with Crippen molar-refractivity contribution in [3.8, 4) is 23.0 Å². The highest BCUT2D eigenvalue weighted by Gasteiger charge is 2.20. The molecule has 32 heavy (non-hydrogen) atoms. The number of hydrogen-bond acceptors (Lipinski definition) is 7. The van der Waals surface area contributed by atoms with Crippen LogP contribution in [0.4, 0.5) is 11.4 Å². The maximum atomic E-state index is 12.7. The van der Waals surface area contributed by atoms with Crippen LogP contribution in [0, 0.1) is 0 Å². The maximum absolute atomic E-state index is 12.7. The van der Waals surface area contributed by atoms with Gasteiger partial charge in [0.2, 0.25) is 0 Å². The zero-order chi connectivity index (χ0) is 22.8. The molecular formula is C24H32N2O6. The molecule has 0 aromatic heterocycles. The van der Waals surface area contributed by atoms with E-state index in [1.54, 1.807) is 6.07 Å². The first kappa shape index (κ1) is 23.5. The van der Waals surface area contributed by atoms with Gasteiger partial charge in [-0.1, -0.05) is 12.1 Å². The summed E-state index contributed by atoms with van der Waals surface area (Å²) in [5.74, 6) is 2.09. The van der Waals surface area contributed by atoms with E-state index in [4.69, 9.17) is 23.7 Å². The van der Waals surface area contributed by atoms with E-state index in [-0.39, 0.29) is 12.5 Å². The number of benzene rings is 2. The predicted octanol–water partition coefficient (Wildman–Crippen LogP) is 3.74. The van der Waals surface area contributed by atoms with Crippen molar-refractivity contribution in [3.05, 3.63) is 36.4 Å². The van der Waals surface area contributed by atoms with E-state index in [0.717, 1.165) is 18.8 Å². The Morgan fingerprint density at radius 3 is 2.12 bits per heavy atom. The molecule has 0 saturated carbocycles. The van der Waals surface area contributed by atoms with Gasteiger partial charge in [-0.05, 0) is 32.9 Å². The molecule has 0 spiro atoms.